The summed E-state index contributed by atoms with van der Waals surface area (Å²) in [4.78, 5) is 17.4. The van der Waals surface area contributed by atoms with Crippen LogP contribution in [0, 0.1) is 0 Å². The Morgan fingerprint density at radius 2 is 2.20 bits per heavy atom. The Morgan fingerprint density at radius 1 is 1.47 bits per heavy atom. The van der Waals surface area contributed by atoms with Crippen molar-refractivity contribution in [2.75, 3.05) is 11.4 Å². The number of nitrogens with two attached hydrogens (primary N) is 1. The molecule has 0 saturated carbocycles. The molecule has 1 aromatic heterocycles. The fourth-order valence-corrected chi connectivity index (χ4v) is 2.66. The van der Waals surface area contributed by atoms with Crippen LogP contribution in [0.5, 0.6) is 0 Å². The van der Waals surface area contributed by atoms with Crippen LogP contribution in [-0.2, 0) is 4.79 Å². The molecular weight excluding hydrogens is 326 g/mol. The number of hydrogen-bond acceptors (Lipinski definition) is 3. The SMILES string of the molecule is NC1CC(=O)N(c2ccc(Br)nc2Br)C1. The van der Waals surface area contributed by atoms with Crippen molar-refractivity contribution in [1.82, 2.24) is 4.98 Å². The predicted molar refractivity (Wildman–Crippen MR) is 64.6 cm³/mol. The largest absolute Gasteiger partial charge is 0.326 e. The lowest BCUT2D eigenvalue weighted by atomic mass is 10.3. The van der Waals surface area contributed by atoms with Gasteiger partial charge in [0.05, 0.1) is 5.69 Å². The number of aromatic nitrogens is 1. The van der Waals surface area contributed by atoms with Crippen molar-refractivity contribution in [3.63, 3.8) is 0 Å². The molecule has 1 saturated heterocycles. The van der Waals surface area contributed by atoms with E-state index in [0.29, 0.717) is 17.6 Å². The first-order valence-electron chi connectivity index (χ1n) is 4.46. The number of carbonyl (C=O) groups excluding carboxylic acids is 1. The van der Waals surface area contributed by atoms with Crippen molar-refractivity contribution < 1.29 is 4.79 Å². The summed E-state index contributed by atoms with van der Waals surface area (Å²) >= 11 is 6.59. The smallest absolute Gasteiger partial charge is 0.228 e. The van der Waals surface area contributed by atoms with Gasteiger partial charge in [-0.05, 0) is 44.0 Å². The second-order valence-electron chi connectivity index (χ2n) is 3.41. The summed E-state index contributed by atoms with van der Waals surface area (Å²) in [5.41, 5.74) is 6.50. The molecule has 1 atom stereocenters. The highest BCUT2D eigenvalue weighted by atomic mass is 79.9. The van der Waals surface area contributed by atoms with Crippen LogP contribution in [0.1, 0.15) is 6.42 Å². The Hall–Kier alpha value is -0.460. The van der Waals surface area contributed by atoms with Crippen LogP contribution < -0.4 is 10.6 Å². The molecule has 1 aliphatic heterocycles. The average Bonchev–Trinajstić information content (AvgIpc) is 2.45. The number of amides is 1. The van der Waals surface area contributed by atoms with Gasteiger partial charge in [-0.15, -0.1) is 0 Å². The molecule has 2 heterocycles. The highest BCUT2D eigenvalue weighted by Crippen LogP contribution is 2.29. The van der Waals surface area contributed by atoms with Gasteiger partial charge in [0.2, 0.25) is 5.91 Å². The number of hydrogen-bond donors (Lipinski definition) is 1. The molecule has 15 heavy (non-hydrogen) atoms. The van der Waals surface area contributed by atoms with Gasteiger partial charge in [-0.25, -0.2) is 4.98 Å². The van der Waals surface area contributed by atoms with E-state index in [-0.39, 0.29) is 11.9 Å². The first-order chi connectivity index (χ1) is 7.08. The van der Waals surface area contributed by atoms with Crippen LogP contribution in [0.2, 0.25) is 0 Å². The van der Waals surface area contributed by atoms with E-state index >= 15 is 0 Å². The van der Waals surface area contributed by atoms with Gasteiger partial charge in [-0.1, -0.05) is 0 Å². The molecule has 4 nitrogen and oxygen atoms in total. The summed E-state index contributed by atoms with van der Waals surface area (Å²) in [5, 5.41) is 0. The summed E-state index contributed by atoms with van der Waals surface area (Å²) < 4.78 is 1.38. The zero-order chi connectivity index (χ0) is 11.0. The van der Waals surface area contributed by atoms with Crippen LogP contribution in [-0.4, -0.2) is 23.5 Å². The van der Waals surface area contributed by atoms with Crippen LogP contribution in [0.4, 0.5) is 5.69 Å². The van der Waals surface area contributed by atoms with Gasteiger partial charge in [0.25, 0.3) is 0 Å². The minimum Gasteiger partial charge on any atom is -0.326 e. The van der Waals surface area contributed by atoms with Crippen LogP contribution in [0.15, 0.2) is 21.3 Å². The quantitative estimate of drug-likeness (QED) is 0.795. The van der Waals surface area contributed by atoms with Crippen LogP contribution in [0.25, 0.3) is 0 Å². The summed E-state index contributed by atoms with van der Waals surface area (Å²) in [6.45, 7) is 0.556. The Kier molecular flexibility index (Phi) is 3.08. The molecule has 1 unspecified atom stereocenters. The standard InChI is InChI=1S/C9H9Br2N3O/c10-7-2-1-6(9(11)13-7)14-4-5(12)3-8(14)15/h1-2,5H,3-4,12H2. The Labute approximate surface area is 104 Å². The van der Waals surface area contributed by atoms with Gasteiger partial charge in [-0.2, -0.15) is 0 Å². The van der Waals surface area contributed by atoms with Crippen molar-refractivity contribution in [2.45, 2.75) is 12.5 Å². The predicted octanol–water partition coefficient (Wildman–Crippen LogP) is 1.67. The molecule has 1 amide bonds. The second-order valence-corrected chi connectivity index (χ2v) is 4.98. The molecule has 0 spiro atoms. The number of rotatable bonds is 1. The number of nitrogens with zero attached hydrogens (tertiary/aromatic N) is 2. The van der Waals surface area contributed by atoms with E-state index in [1.165, 1.54) is 0 Å². The maximum atomic E-state index is 11.6. The molecule has 0 bridgehead atoms. The topological polar surface area (TPSA) is 59.2 Å². The lowest BCUT2D eigenvalue weighted by Gasteiger charge is -2.17. The van der Waals surface area contributed by atoms with Crippen molar-refractivity contribution in [3.05, 3.63) is 21.3 Å². The summed E-state index contributed by atoms with van der Waals surface area (Å²) in [6.07, 6.45) is 0.405. The molecule has 6 heteroatoms. The van der Waals surface area contributed by atoms with Crippen molar-refractivity contribution in [1.29, 1.82) is 0 Å². The van der Waals surface area contributed by atoms with Crippen molar-refractivity contribution in [3.8, 4) is 0 Å². The number of pyridine rings is 1. The molecule has 2 N–H and O–H groups in total. The van der Waals surface area contributed by atoms with E-state index in [2.05, 4.69) is 36.8 Å². The second kappa shape index (κ2) is 4.19. The maximum Gasteiger partial charge on any atom is 0.228 e. The highest BCUT2D eigenvalue weighted by Gasteiger charge is 2.29. The van der Waals surface area contributed by atoms with Gasteiger partial charge in [0, 0.05) is 19.0 Å². The van der Waals surface area contributed by atoms with Gasteiger partial charge in [-0.3, -0.25) is 4.79 Å². The summed E-state index contributed by atoms with van der Waals surface area (Å²) in [5.74, 6) is 0.0484. The lowest BCUT2D eigenvalue weighted by molar-refractivity contribution is -0.117. The van der Waals surface area contributed by atoms with Gasteiger partial charge >= 0.3 is 0 Å². The summed E-state index contributed by atoms with van der Waals surface area (Å²) in [7, 11) is 0. The third-order valence-electron chi connectivity index (χ3n) is 2.24. The van der Waals surface area contributed by atoms with E-state index in [1.807, 2.05) is 6.07 Å². The molecular formula is C9H9Br2N3O. The fraction of sp³-hybridized carbons (Fsp3) is 0.333. The van der Waals surface area contributed by atoms with E-state index < -0.39 is 0 Å². The van der Waals surface area contributed by atoms with Gasteiger partial charge in [0.15, 0.2) is 0 Å². The molecule has 1 aromatic rings. The zero-order valence-electron chi connectivity index (χ0n) is 7.78. The van der Waals surface area contributed by atoms with E-state index in [4.69, 9.17) is 5.73 Å². The molecule has 80 valence electrons. The highest BCUT2D eigenvalue weighted by molar-refractivity contribution is 9.11. The number of halogens is 2. The van der Waals surface area contributed by atoms with Crippen LogP contribution >= 0.6 is 31.9 Å². The monoisotopic (exact) mass is 333 g/mol. The minimum atomic E-state index is -0.0759. The van der Waals surface area contributed by atoms with Crippen molar-refractivity contribution >= 4 is 43.5 Å². The van der Waals surface area contributed by atoms with Gasteiger partial charge < -0.3 is 10.6 Å². The molecule has 1 fully saturated rings. The normalized spacial score (nSPS) is 21.1. The molecule has 0 radical (unpaired) electrons. The third-order valence-corrected chi connectivity index (χ3v) is 3.27. The Morgan fingerprint density at radius 3 is 2.73 bits per heavy atom. The van der Waals surface area contributed by atoms with Crippen LogP contribution in [0.3, 0.4) is 0 Å². The third kappa shape index (κ3) is 2.21. The van der Waals surface area contributed by atoms with Gasteiger partial charge in [0.1, 0.15) is 9.21 Å². The van der Waals surface area contributed by atoms with E-state index in [0.717, 1.165) is 10.3 Å². The maximum absolute atomic E-state index is 11.6. The molecule has 0 aromatic carbocycles. The van der Waals surface area contributed by atoms with E-state index in [9.17, 15) is 4.79 Å². The van der Waals surface area contributed by atoms with E-state index in [1.54, 1.807) is 11.0 Å². The number of carbonyl (C=O) groups is 1. The molecule has 1 aliphatic rings. The van der Waals surface area contributed by atoms with Crippen molar-refractivity contribution in [2.24, 2.45) is 5.73 Å². The average molecular weight is 335 g/mol. The Bertz CT molecular complexity index is 410. The molecule has 0 aliphatic carbocycles. The fourth-order valence-electron chi connectivity index (χ4n) is 1.57. The minimum absolute atomic E-state index is 0.0484. The number of anilines is 1. The Balaban J connectivity index is 2.34. The molecule has 2 rings (SSSR count). The summed E-state index contributed by atoms with van der Waals surface area (Å²) in [6, 6.07) is 3.57. The zero-order valence-corrected chi connectivity index (χ0v) is 11.0. The lowest BCUT2D eigenvalue weighted by Crippen LogP contribution is -2.28. The first-order valence-corrected chi connectivity index (χ1v) is 6.04. The first kappa shape index (κ1) is 11.0.